The van der Waals surface area contributed by atoms with E-state index < -0.39 is 0 Å². The Morgan fingerprint density at radius 3 is 2.38 bits per heavy atom. The van der Waals surface area contributed by atoms with E-state index in [9.17, 15) is 9.59 Å². The minimum absolute atomic E-state index is 0.0438. The van der Waals surface area contributed by atoms with Crippen LogP contribution in [0, 0.1) is 0 Å². The molecule has 0 unspecified atom stereocenters. The Hall–Kier alpha value is -2.77. The van der Waals surface area contributed by atoms with Gasteiger partial charge in [-0.3, -0.25) is 14.6 Å². The number of guanidine groups is 1. The highest BCUT2D eigenvalue weighted by Crippen LogP contribution is 2.18. The maximum atomic E-state index is 11.9. The van der Waals surface area contributed by atoms with Crippen LogP contribution in [0.15, 0.2) is 29.3 Å². The van der Waals surface area contributed by atoms with Crippen LogP contribution in [0.5, 0.6) is 5.75 Å². The van der Waals surface area contributed by atoms with Crippen LogP contribution in [0.25, 0.3) is 0 Å². The smallest absolute Gasteiger partial charge is 0.258 e. The van der Waals surface area contributed by atoms with Crippen molar-refractivity contribution in [2.75, 3.05) is 26.7 Å². The third kappa shape index (κ3) is 9.82. The molecule has 160 valence electrons. The van der Waals surface area contributed by atoms with Gasteiger partial charge in [-0.15, -0.1) is 0 Å². The Balaban J connectivity index is 1.65. The summed E-state index contributed by atoms with van der Waals surface area (Å²) >= 11 is 0. The van der Waals surface area contributed by atoms with Crippen molar-refractivity contribution in [3.8, 4) is 5.75 Å². The zero-order chi connectivity index (χ0) is 21.3. The van der Waals surface area contributed by atoms with E-state index in [4.69, 9.17) is 4.74 Å². The number of carbonyl (C=O) groups is 2. The minimum atomic E-state index is -0.257. The molecule has 0 aliphatic heterocycles. The molecular formula is C21H33N5O3. The first-order chi connectivity index (χ1) is 13.7. The van der Waals surface area contributed by atoms with Crippen molar-refractivity contribution in [3.05, 3.63) is 29.8 Å². The predicted molar refractivity (Wildman–Crippen MR) is 114 cm³/mol. The Morgan fingerprint density at radius 2 is 1.79 bits per heavy atom. The highest BCUT2D eigenvalue weighted by molar-refractivity contribution is 5.86. The van der Waals surface area contributed by atoms with Crippen molar-refractivity contribution in [1.29, 1.82) is 0 Å². The lowest BCUT2D eigenvalue weighted by Crippen LogP contribution is -2.48. The highest BCUT2D eigenvalue weighted by Gasteiger charge is 2.23. The van der Waals surface area contributed by atoms with Crippen LogP contribution in [-0.4, -0.2) is 56.1 Å². The van der Waals surface area contributed by atoms with Gasteiger partial charge in [-0.05, 0) is 57.7 Å². The summed E-state index contributed by atoms with van der Waals surface area (Å²) in [6.45, 7) is 6.70. The number of aliphatic imine (C=N–C) groups is 1. The summed E-state index contributed by atoms with van der Waals surface area (Å²) in [7, 11) is 1.67. The van der Waals surface area contributed by atoms with Gasteiger partial charge in [-0.25, -0.2) is 0 Å². The number of carbonyl (C=O) groups excluding carboxylic acids is 2. The first-order valence-electron chi connectivity index (χ1n) is 10.0. The lowest BCUT2D eigenvalue weighted by Gasteiger charge is -2.21. The molecule has 1 aliphatic carbocycles. The Morgan fingerprint density at radius 1 is 1.10 bits per heavy atom. The molecular weight excluding hydrogens is 370 g/mol. The molecule has 0 atom stereocenters. The monoisotopic (exact) mass is 403 g/mol. The molecule has 0 radical (unpaired) electrons. The average Bonchev–Trinajstić information content (AvgIpc) is 3.46. The lowest BCUT2D eigenvalue weighted by atomic mass is 10.1. The molecule has 1 aromatic carbocycles. The van der Waals surface area contributed by atoms with E-state index in [0.29, 0.717) is 24.3 Å². The first kappa shape index (κ1) is 22.5. The molecule has 1 aromatic rings. The maximum absolute atomic E-state index is 11.9. The zero-order valence-electron chi connectivity index (χ0n) is 17.8. The molecule has 2 rings (SSSR count). The maximum Gasteiger partial charge on any atom is 0.258 e. The van der Waals surface area contributed by atoms with Crippen molar-refractivity contribution in [3.63, 3.8) is 0 Å². The quantitative estimate of drug-likeness (QED) is 0.363. The van der Waals surface area contributed by atoms with Crippen molar-refractivity contribution in [2.45, 2.75) is 51.6 Å². The van der Waals surface area contributed by atoms with Gasteiger partial charge in [0.25, 0.3) is 5.91 Å². The van der Waals surface area contributed by atoms with Gasteiger partial charge in [0.1, 0.15) is 5.75 Å². The predicted octanol–water partition coefficient (Wildman–Crippen LogP) is 0.966. The summed E-state index contributed by atoms with van der Waals surface area (Å²) in [5.41, 5.74) is 0.875. The van der Waals surface area contributed by atoms with E-state index >= 15 is 0 Å². The molecule has 1 saturated carbocycles. The number of nitrogens with zero attached hydrogens (tertiary/aromatic N) is 1. The van der Waals surface area contributed by atoms with Crippen LogP contribution in [0.1, 0.15) is 39.2 Å². The summed E-state index contributed by atoms with van der Waals surface area (Å²) in [5.74, 6) is 1.10. The van der Waals surface area contributed by atoms with Gasteiger partial charge in [0.2, 0.25) is 5.91 Å². The van der Waals surface area contributed by atoms with Crippen molar-refractivity contribution >= 4 is 17.8 Å². The van der Waals surface area contributed by atoms with Crippen LogP contribution >= 0.6 is 0 Å². The molecule has 0 saturated heterocycles. The van der Waals surface area contributed by atoms with Crippen LogP contribution in [0.2, 0.25) is 0 Å². The summed E-state index contributed by atoms with van der Waals surface area (Å²) in [5, 5.41) is 12.0. The molecule has 4 N–H and O–H groups in total. The fraction of sp³-hybridized carbons (Fsp3) is 0.571. The van der Waals surface area contributed by atoms with Gasteiger partial charge >= 0.3 is 0 Å². The number of nitrogens with one attached hydrogen (secondary N) is 4. The van der Waals surface area contributed by atoms with E-state index in [-0.39, 0.29) is 30.5 Å². The normalized spacial score (nSPS) is 14.1. The third-order valence-electron chi connectivity index (χ3n) is 4.10. The molecule has 29 heavy (non-hydrogen) atoms. The molecule has 8 heteroatoms. The second kappa shape index (κ2) is 10.7. The fourth-order valence-corrected chi connectivity index (χ4v) is 2.57. The molecule has 2 amide bonds. The molecule has 0 bridgehead atoms. The largest absolute Gasteiger partial charge is 0.484 e. The number of rotatable bonds is 9. The van der Waals surface area contributed by atoms with Gasteiger partial charge in [-0.1, -0.05) is 12.1 Å². The zero-order valence-corrected chi connectivity index (χ0v) is 17.8. The van der Waals surface area contributed by atoms with Gasteiger partial charge < -0.3 is 26.0 Å². The van der Waals surface area contributed by atoms with Crippen LogP contribution in [0.3, 0.4) is 0 Å². The average molecular weight is 404 g/mol. The summed E-state index contributed by atoms with van der Waals surface area (Å²) in [6, 6.07) is 8.03. The van der Waals surface area contributed by atoms with Gasteiger partial charge in [0, 0.05) is 25.2 Å². The second-order valence-corrected chi connectivity index (χ2v) is 8.18. The van der Waals surface area contributed by atoms with Crippen molar-refractivity contribution < 1.29 is 14.3 Å². The standard InChI is InChI=1S/C21H33N5O3/c1-21(2,3)26-18(27)13-24-20(22-4)23-12-11-15-5-9-17(10-6-15)29-14-19(28)25-16-7-8-16/h5-6,9-10,16H,7-8,11-14H2,1-4H3,(H,25,28)(H,26,27)(H2,22,23,24). The molecule has 8 nitrogen and oxygen atoms in total. The van der Waals surface area contributed by atoms with Crippen LogP contribution in [0.4, 0.5) is 0 Å². The van der Waals surface area contributed by atoms with Crippen LogP contribution in [-0.2, 0) is 16.0 Å². The van der Waals surface area contributed by atoms with Gasteiger partial charge in [0.15, 0.2) is 12.6 Å². The Bertz CT molecular complexity index is 706. The van der Waals surface area contributed by atoms with E-state index in [1.807, 2.05) is 45.0 Å². The number of hydrogen-bond acceptors (Lipinski definition) is 4. The summed E-state index contributed by atoms with van der Waals surface area (Å²) in [4.78, 5) is 27.6. The molecule has 0 aromatic heterocycles. The lowest BCUT2D eigenvalue weighted by molar-refractivity contribution is -0.123. The molecule has 0 heterocycles. The summed E-state index contributed by atoms with van der Waals surface area (Å²) < 4.78 is 5.51. The summed E-state index contributed by atoms with van der Waals surface area (Å²) in [6.07, 6.45) is 2.93. The van der Waals surface area contributed by atoms with Crippen LogP contribution < -0.4 is 26.0 Å². The third-order valence-corrected chi connectivity index (χ3v) is 4.10. The topological polar surface area (TPSA) is 104 Å². The Labute approximate surface area is 172 Å². The fourth-order valence-electron chi connectivity index (χ4n) is 2.57. The van der Waals surface area contributed by atoms with E-state index in [1.165, 1.54) is 0 Å². The van der Waals surface area contributed by atoms with Gasteiger partial charge in [0.05, 0.1) is 6.54 Å². The first-order valence-corrected chi connectivity index (χ1v) is 10.0. The number of hydrogen-bond donors (Lipinski definition) is 4. The second-order valence-electron chi connectivity index (χ2n) is 8.18. The number of ether oxygens (including phenoxy) is 1. The van der Waals surface area contributed by atoms with Gasteiger partial charge in [-0.2, -0.15) is 0 Å². The number of benzene rings is 1. The van der Waals surface area contributed by atoms with E-state index in [0.717, 1.165) is 24.8 Å². The number of amides is 2. The Kier molecular flexibility index (Phi) is 8.30. The minimum Gasteiger partial charge on any atom is -0.484 e. The van der Waals surface area contributed by atoms with E-state index in [2.05, 4.69) is 26.3 Å². The molecule has 1 aliphatic rings. The van der Waals surface area contributed by atoms with Crippen molar-refractivity contribution in [1.82, 2.24) is 21.3 Å². The SMILES string of the molecule is CN=C(NCCc1ccc(OCC(=O)NC2CC2)cc1)NCC(=O)NC(C)(C)C. The molecule has 0 spiro atoms. The van der Waals surface area contributed by atoms with E-state index in [1.54, 1.807) is 7.05 Å². The van der Waals surface area contributed by atoms with Crippen molar-refractivity contribution in [2.24, 2.45) is 4.99 Å². The molecule has 1 fully saturated rings. The highest BCUT2D eigenvalue weighted by atomic mass is 16.5.